The molecule has 20 heavy (non-hydrogen) atoms. The summed E-state index contributed by atoms with van der Waals surface area (Å²) < 4.78 is 5.68. The second-order valence-electron chi connectivity index (χ2n) is 4.76. The summed E-state index contributed by atoms with van der Waals surface area (Å²) in [6, 6.07) is 8.65. The summed E-state index contributed by atoms with van der Waals surface area (Å²) >= 11 is 0. The molecule has 0 radical (unpaired) electrons. The summed E-state index contributed by atoms with van der Waals surface area (Å²) in [6.45, 7) is 4.34. The molecule has 4 N–H and O–H groups in total. The van der Waals surface area contributed by atoms with E-state index < -0.39 is 0 Å². The second-order valence-corrected chi connectivity index (χ2v) is 4.76. The third-order valence-corrected chi connectivity index (χ3v) is 2.68. The van der Waals surface area contributed by atoms with Crippen LogP contribution in [-0.4, -0.2) is 16.2 Å². The van der Waals surface area contributed by atoms with Crippen LogP contribution in [0.1, 0.15) is 19.4 Å². The van der Waals surface area contributed by atoms with Gasteiger partial charge in [-0.05, 0) is 44.2 Å². The average Bonchev–Trinajstić information content (AvgIpc) is 2.41. The Kier molecular flexibility index (Phi) is 4.30. The van der Waals surface area contributed by atoms with Crippen LogP contribution >= 0.6 is 0 Å². The van der Waals surface area contributed by atoms with E-state index in [2.05, 4.69) is 10.3 Å². The van der Waals surface area contributed by atoms with Gasteiger partial charge in [0.25, 0.3) is 0 Å². The van der Waals surface area contributed by atoms with Crippen molar-refractivity contribution in [1.29, 1.82) is 0 Å². The minimum absolute atomic E-state index is 0.0699. The number of anilines is 2. The highest BCUT2D eigenvalue weighted by molar-refractivity contribution is 5.52. The Morgan fingerprint density at radius 3 is 2.90 bits per heavy atom. The molecular weight excluding hydrogens is 254 g/mol. The van der Waals surface area contributed by atoms with E-state index in [0.29, 0.717) is 29.4 Å². The maximum atomic E-state index is 9.78. The molecule has 0 bridgehead atoms. The number of rotatable bonds is 5. The molecule has 0 aliphatic carbocycles. The van der Waals surface area contributed by atoms with Crippen molar-refractivity contribution in [2.45, 2.75) is 26.5 Å². The number of phenolic OH excluding ortho intramolecular Hbond substituents is 1. The van der Waals surface area contributed by atoms with Crippen LogP contribution in [0.15, 0.2) is 36.5 Å². The van der Waals surface area contributed by atoms with Crippen LogP contribution in [0.4, 0.5) is 11.5 Å². The number of nitrogens with two attached hydrogens (primary N) is 1. The fourth-order valence-electron chi connectivity index (χ4n) is 1.80. The highest BCUT2D eigenvalue weighted by atomic mass is 16.5. The highest BCUT2D eigenvalue weighted by Crippen LogP contribution is 2.25. The van der Waals surface area contributed by atoms with Crippen molar-refractivity contribution >= 4 is 11.5 Å². The predicted molar refractivity (Wildman–Crippen MR) is 79.8 cm³/mol. The van der Waals surface area contributed by atoms with E-state index in [1.54, 1.807) is 24.4 Å². The van der Waals surface area contributed by atoms with Gasteiger partial charge in [-0.1, -0.05) is 0 Å². The van der Waals surface area contributed by atoms with Gasteiger partial charge in [0.05, 0.1) is 6.10 Å². The molecule has 0 unspecified atom stereocenters. The van der Waals surface area contributed by atoms with Gasteiger partial charge in [-0.25, -0.2) is 4.98 Å². The van der Waals surface area contributed by atoms with E-state index >= 15 is 0 Å². The maximum absolute atomic E-state index is 9.78. The summed E-state index contributed by atoms with van der Waals surface area (Å²) in [5.41, 5.74) is 7.04. The number of phenols is 1. The lowest BCUT2D eigenvalue weighted by Gasteiger charge is -2.14. The van der Waals surface area contributed by atoms with Gasteiger partial charge in [-0.3, -0.25) is 0 Å². The van der Waals surface area contributed by atoms with E-state index in [1.165, 1.54) is 0 Å². The Labute approximate surface area is 118 Å². The third kappa shape index (κ3) is 3.54. The number of nitrogen functional groups attached to an aromatic ring is 1. The van der Waals surface area contributed by atoms with Gasteiger partial charge in [0.15, 0.2) is 11.6 Å². The fraction of sp³-hybridized carbons (Fsp3) is 0.267. The van der Waals surface area contributed by atoms with Gasteiger partial charge >= 0.3 is 0 Å². The van der Waals surface area contributed by atoms with Crippen molar-refractivity contribution in [3.8, 4) is 11.5 Å². The molecule has 0 atom stereocenters. The lowest BCUT2D eigenvalue weighted by molar-refractivity contribution is 0.243. The number of ether oxygens (including phenoxy) is 1. The minimum Gasteiger partial charge on any atom is -0.508 e. The zero-order valence-electron chi connectivity index (χ0n) is 11.6. The van der Waals surface area contributed by atoms with Crippen molar-refractivity contribution in [3.05, 3.63) is 42.1 Å². The molecule has 5 nitrogen and oxygen atoms in total. The lowest BCUT2D eigenvalue weighted by atomic mass is 10.2. The summed E-state index contributed by atoms with van der Waals surface area (Å²) in [7, 11) is 0. The summed E-state index contributed by atoms with van der Waals surface area (Å²) in [5, 5.41) is 12.9. The fourth-order valence-corrected chi connectivity index (χ4v) is 1.80. The van der Waals surface area contributed by atoms with Crippen molar-refractivity contribution < 1.29 is 9.84 Å². The van der Waals surface area contributed by atoms with Crippen LogP contribution in [0.3, 0.4) is 0 Å². The Morgan fingerprint density at radius 2 is 2.15 bits per heavy atom. The topological polar surface area (TPSA) is 80.4 Å². The SMILES string of the molecule is CC(C)Oc1cccnc1NCc1cc(N)ccc1O. The van der Waals surface area contributed by atoms with Gasteiger partial charge in [0.2, 0.25) is 0 Å². The number of benzene rings is 1. The molecule has 106 valence electrons. The van der Waals surface area contributed by atoms with E-state index in [4.69, 9.17) is 10.5 Å². The van der Waals surface area contributed by atoms with Gasteiger partial charge in [0.1, 0.15) is 5.75 Å². The molecule has 0 aliphatic heterocycles. The van der Waals surface area contributed by atoms with Gasteiger partial charge in [0, 0.05) is 24.0 Å². The number of hydrogen-bond acceptors (Lipinski definition) is 5. The van der Waals surface area contributed by atoms with E-state index in [-0.39, 0.29) is 11.9 Å². The molecule has 5 heteroatoms. The van der Waals surface area contributed by atoms with E-state index in [1.807, 2.05) is 26.0 Å². The molecule has 0 amide bonds. The molecule has 1 aromatic carbocycles. The number of aromatic nitrogens is 1. The van der Waals surface area contributed by atoms with Gasteiger partial charge in [-0.15, -0.1) is 0 Å². The van der Waals surface area contributed by atoms with Crippen LogP contribution in [0, 0.1) is 0 Å². The van der Waals surface area contributed by atoms with Crippen LogP contribution < -0.4 is 15.8 Å². The van der Waals surface area contributed by atoms with Gasteiger partial charge in [-0.2, -0.15) is 0 Å². The van der Waals surface area contributed by atoms with E-state index in [9.17, 15) is 5.11 Å². The lowest BCUT2D eigenvalue weighted by Crippen LogP contribution is -2.09. The molecule has 0 fully saturated rings. The van der Waals surface area contributed by atoms with Crippen LogP contribution in [-0.2, 0) is 6.54 Å². The van der Waals surface area contributed by atoms with Crippen molar-refractivity contribution in [2.24, 2.45) is 0 Å². The van der Waals surface area contributed by atoms with Crippen molar-refractivity contribution in [1.82, 2.24) is 4.98 Å². The zero-order valence-corrected chi connectivity index (χ0v) is 11.6. The molecule has 2 rings (SSSR count). The Hall–Kier alpha value is -2.43. The van der Waals surface area contributed by atoms with Crippen LogP contribution in [0.2, 0.25) is 0 Å². The Bertz CT molecular complexity index is 585. The summed E-state index contributed by atoms with van der Waals surface area (Å²) in [5.74, 6) is 1.53. The molecule has 0 spiro atoms. The number of nitrogens with zero attached hydrogens (tertiary/aromatic N) is 1. The monoisotopic (exact) mass is 273 g/mol. The van der Waals surface area contributed by atoms with Crippen LogP contribution in [0.25, 0.3) is 0 Å². The molecule has 1 aromatic heterocycles. The third-order valence-electron chi connectivity index (χ3n) is 2.68. The number of nitrogens with one attached hydrogen (secondary N) is 1. The largest absolute Gasteiger partial charge is 0.508 e. The number of pyridine rings is 1. The molecule has 0 saturated carbocycles. The molecule has 0 aliphatic rings. The molecular formula is C15H19N3O2. The van der Waals surface area contributed by atoms with Crippen molar-refractivity contribution in [2.75, 3.05) is 11.1 Å². The molecule has 1 heterocycles. The highest BCUT2D eigenvalue weighted by Gasteiger charge is 2.08. The zero-order chi connectivity index (χ0) is 14.5. The quantitative estimate of drug-likeness (QED) is 0.576. The molecule has 2 aromatic rings. The average molecular weight is 273 g/mol. The summed E-state index contributed by atoms with van der Waals surface area (Å²) in [4.78, 5) is 4.25. The summed E-state index contributed by atoms with van der Waals surface area (Å²) in [6.07, 6.45) is 1.76. The minimum atomic E-state index is 0.0699. The second kappa shape index (κ2) is 6.14. The first kappa shape index (κ1) is 14.0. The number of aromatic hydroxyl groups is 1. The van der Waals surface area contributed by atoms with Gasteiger partial charge < -0.3 is 20.9 Å². The first-order valence-electron chi connectivity index (χ1n) is 6.49. The first-order valence-corrected chi connectivity index (χ1v) is 6.49. The smallest absolute Gasteiger partial charge is 0.169 e. The number of hydrogen-bond donors (Lipinski definition) is 3. The Morgan fingerprint density at radius 1 is 1.35 bits per heavy atom. The predicted octanol–water partition coefficient (Wildman–Crippen LogP) is 2.77. The Balaban J connectivity index is 2.12. The van der Waals surface area contributed by atoms with Crippen molar-refractivity contribution in [3.63, 3.8) is 0 Å². The standard InChI is InChI=1S/C15H19N3O2/c1-10(2)20-14-4-3-7-17-15(14)18-9-11-8-12(16)5-6-13(11)19/h3-8,10,19H,9,16H2,1-2H3,(H,17,18). The molecule has 0 saturated heterocycles. The first-order chi connectivity index (χ1) is 9.56. The maximum Gasteiger partial charge on any atom is 0.169 e. The van der Waals surface area contributed by atoms with Crippen LogP contribution in [0.5, 0.6) is 11.5 Å². The normalized spacial score (nSPS) is 10.6. The van der Waals surface area contributed by atoms with E-state index in [0.717, 1.165) is 0 Å².